The number of benzene rings is 1. The quantitative estimate of drug-likeness (QED) is 0.732. The first kappa shape index (κ1) is 19.9. The fraction of sp³-hybridized carbons (Fsp3) is 0.545. The summed E-state index contributed by atoms with van der Waals surface area (Å²) in [6, 6.07) is 12.3. The van der Waals surface area contributed by atoms with Crippen LogP contribution in [0.1, 0.15) is 29.9 Å². The summed E-state index contributed by atoms with van der Waals surface area (Å²) in [5.74, 6) is 3.65. The zero-order chi connectivity index (χ0) is 19.1. The number of aliphatic hydroxyl groups is 1. The highest BCUT2D eigenvalue weighted by atomic mass is 16.5. The van der Waals surface area contributed by atoms with Crippen molar-refractivity contribution < 1.29 is 14.3 Å². The van der Waals surface area contributed by atoms with E-state index in [0.717, 1.165) is 55.9 Å². The number of hydrogen-bond acceptors (Lipinski definition) is 5. The van der Waals surface area contributed by atoms with Crippen molar-refractivity contribution in [3.63, 3.8) is 0 Å². The largest absolute Gasteiger partial charge is 0.491 e. The highest BCUT2D eigenvalue weighted by Gasteiger charge is 2.21. The highest BCUT2D eigenvalue weighted by Crippen LogP contribution is 2.22. The number of nitrogens with zero attached hydrogens (tertiary/aromatic N) is 2. The molecule has 3 rings (SSSR count). The molecule has 0 radical (unpaired) electrons. The van der Waals surface area contributed by atoms with E-state index < -0.39 is 0 Å². The maximum atomic E-state index is 8.89. The molecular formula is C22H32N2O3. The summed E-state index contributed by atoms with van der Waals surface area (Å²) in [5.41, 5.74) is 1.25. The Bertz CT molecular complexity index is 692. The lowest BCUT2D eigenvalue weighted by Gasteiger charge is -2.33. The molecule has 2 aromatic rings. The van der Waals surface area contributed by atoms with Gasteiger partial charge in [0, 0.05) is 13.1 Å². The summed E-state index contributed by atoms with van der Waals surface area (Å²) >= 11 is 0. The third kappa shape index (κ3) is 6.38. The van der Waals surface area contributed by atoms with Crippen molar-refractivity contribution in [1.82, 2.24) is 9.80 Å². The second-order valence-electron chi connectivity index (χ2n) is 7.65. The molecule has 1 aliphatic heterocycles. The van der Waals surface area contributed by atoms with Crippen molar-refractivity contribution >= 4 is 0 Å². The first-order chi connectivity index (χ1) is 13.1. The number of piperidine rings is 1. The van der Waals surface area contributed by atoms with Gasteiger partial charge in [0.25, 0.3) is 0 Å². The summed E-state index contributed by atoms with van der Waals surface area (Å²) in [7, 11) is 2.19. The molecule has 0 bridgehead atoms. The molecule has 0 spiro atoms. The van der Waals surface area contributed by atoms with Crippen LogP contribution < -0.4 is 4.74 Å². The Hall–Kier alpha value is -1.82. The van der Waals surface area contributed by atoms with Crippen LogP contribution in [0.2, 0.25) is 0 Å². The van der Waals surface area contributed by atoms with Crippen molar-refractivity contribution in [3.8, 4) is 5.75 Å². The minimum Gasteiger partial charge on any atom is -0.491 e. The van der Waals surface area contributed by atoms with Gasteiger partial charge in [-0.05, 0) is 75.6 Å². The number of rotatable bonds is 9. The molecule has 0 unspecified atom stereocenters. The molecule has 0 saturated carbocycles. The lowest BCUT2D eigenvalue weighted by Crippen LogP contribution is -2.37. The van der Waals surface area contributed by atoms with E-state index in [4.69, 9.17) is 14.3 Å². The van der Waals surface area contributed by atoms with E-state index in [9.17, 15) is 0 Å². The van der Waals surface area contributed by atoms with Crippen LogP contribution >= 0.6 is 0 Å². The van der Waals surface area contributed by atoms with Crippen LogP contribution in [0.25, 0.3) is 0 Å². The minimum absolute atomic E-state index is 0.0440. The molecule has 1 fully saturated rings. The topological polar surface area (TPSA) is 49.1 Å². The van der Waals surface area contributed by atoms with E-state index in [-0.39, 0.29) is 6.61 Å². The summed E-state index contributed by atoms with van der Waals surface area (Å²) in [6.07, 6.45) is 2.48. The molecule has 1 aromatic carbocycles. The van der Waals surface area contributed by atoms with Crippen LogP contribution in [0.5, 0.6) is 5.75 Å². The smallest absolute Gasteiger partial charge is 0.119 e. The van der Waals surface area contributed by atoms with Crippen molar-refractivity contribution in [2.24, 2.45) is 5.92 Å². The van der Waals surface area contributed by atoms with Crippen molar-refractivity contribution in [2.75, 3.05) is 39.9 Å². The fourth-order valence-corrected chi connectivity index (χ4v) is 3.83. The van der Waals surface area contributed by atoms with Crippen LogP contribution in [-0.4, -0.2) is 54.8 Å². The second kappa shape index (κ2) is 9.93. The Kier molecular flexibility index (Phi) is 7.33. The fourth-order valence-electron chi connectivity index (χ4n) is 3.83. The van der Waals surface area contributed by atoms with Gasteiger partial charge in [-0.25, -0.2) is 0 Å². The number of aliphatic hydroxyl groups excluding tert-OH is 1. The first-order valence-electron chi connectivity index (χ1n) is 9.91. The van der Waals surface area contributed by atoms with Gasteiger partial charge in [0.05, 0.1) is 13.2 Å². The number of aryl methyl sites for hydroxylation is 1. The summed E-state index contributed by atoms with van der Waals surface area (Å²) in [6.45, 7) is 7.64. The Morgan fingerprint density at radius 1 is 1.22 bits per heavy atom. The molecule has 1 N–H and O–H groups in total. The van der Waals surface area contributed by atoms with Gasteiger partial charge in [-0.15, -0.1) is 0 Å². The van der Waals surface area contributed by atoms with Crippen LogP contribution in [0.3, 0.4) is 0 Å². The van der Waals surface area contributed by atoms with E-state index >= 15 is 0 Å². The zero-order valence-electron chi connectivity index (χ0n) is 16.6. The number of furan rings is 1. The Balaban J connectivity index is 1.40. The SMILES string of the molecule is Cc1ccc(CN2CCC(CN(C)Cc3cccc(OCCO)c3)CC2)o1. The molecule has 2 heterocycles. The average Bonchev–Trinajstić information content (AvgIpc) is 3.06. The molecule has 1 saturated heterocycles. The standard InChI is InChI=1S/C22H32N2O3/c1-18-6-7-22(27-18)17-24-10-8-19(9-11-24)15-23(2)16-20-4-3-5-21(14-20)26-13-12-25/h3-7,14,19,25H,8-13,15-17H2,1-2H3. The maximum absolute atomic E-state index is 8.89. The summed E-state index contributed by atoms with van der Waals surface area (Å²) in [4.78, 5) is 4.90. The molecular weight excluding hydrogens is 340 g/mol. The van der Waals surface area contributed by atoms with Gasteiger partial charge in [-0.1, -0.05) is 12.1 Å². The van der Waals surface area contributed by atoms with Crippen LogP contribution in [0.15, 0.2) is 40.8 Å². The molecule has 148 valence electrons. The maximum Gasteiger partial charge on any atom is 0.119 e. The Morgan fingerprint density at radius 2 is 2.04 bits per heavy atom. The predicted molar refractivity (Wildman–Crippen MR) is 107 cm³/mol. The molecule has 0 aliphatic carbocycles. The van der Waals surface area contributed by atoms with E-state index in [1.165, 1.54) is 18.4 Å². The molecule has 1 aliphatic rings. The molecule has 27 heavy (non-hydrogen) atoms. The lowest BCUT2D eigenvalue weighted by atomic mass is 9.96. The molecule has 1 aromatic heterocycles. The molecule has 0 amide bonds. The second-order valence-corrected chi connectivity index (χ2v) is 7.65. The highest BCUT2D eigenvalue weighted by molar-refractivity contribution is 5.28. The van der Waals surface area contributed by atoms with Crippen LogP contribution in [-0.2, 0) is 13.1 Å². The monoisotopic (exact) mass is 372 g/mol. The van der Waals surface area contributed by atoms with Crippen molar-refractivity contribution in [1.29, 1.82) is 0 Å². The summed E-state index contributed by atoms with van der Waals surface area (Å²) < 4.78 is 11.2. The van der Waals surface area contributed by atoms with Crippen molar-refractivity contribution in [2.45, 2.75) is 32.9 Å². The van der Waals surface area contributed by atoms with Crippen LogP contribution in [0.4, 0.5) is 0 Å². The van der Waals surface area contributed by atoms with Crippen molar-refractivity contribution in [3.05, 3.63) is 53.5 Å². The van der Waals surface area contributed by atoms with E-state index in [0.29, 0.717) is 6.61 Å². The minimum atomic E-state index is 0.0440. The molecule has 5 nitrogen and oxygen atoms in total. The molecule has 0 atom stereocenters. The van der Waals surface area contributed by atoms with E-state index in [1.54, 1.807) is 0 Å². The average molecular weight is 373 g/mol. The summed E-state index contributed by atoms with van der Waals surface area (Å²) in [5, 5.41) is 8.89. The normalized spacial score (nSPS) is 16.1. The molecule has 5 heteroatoms. The van der Waals surface area contributed by atoms with E-state index in [1.807, 2.05) is 25.1 Å². The Labute approximate surface area is 162 Å². The van der Waals surface area contributed by atoms with Gasteiger partial charge in [-0.2, -0.15) is 0 Å². The van der Waals surface area contributed by atoms with Gasteiger partial charge in [0.15, 0.2) is 0 Å². The third-order valence-corrected chi connectivity index (χ3v) is 5.16. The zero-order valence-corrected chi connectivity index (χ0v) is 16.6. The predicted octanol–water partition coefficient (Wildman–Crippen LogP) is 3.30. The number of likely N-dealkylation sites (tertiary alicyclic amines) is 1. The number of ether oxygens (including phenoxy) is 1. The first-order valence-corrected chi connectivity index (χ1v) is 9.91. The van der Waals surface area contributed by atoms with Gasteiger partial charge in [0.1, 0.15) is 23.9 Å². The van der Waals surface area contributed by atoms with Crippen LogP contribution in [0, 0.1) is 12.8 Å². The van der Waals surface area contributed by atoms with Gasteiger partial charge in [0.2, 0.25) is 0 Å². The van der Waals surface area contributed by atoms with E-state index in [2.05, 4.69) is 35.0 Å². The Morgan fingerprint density at radius 3 is 2.74 bits per heavy atom. The third-order valence-electron chi connectivity index (χ3n) is 5.16. The lowest BCUT2D eigenvalue weighted by molar-refractivity contribution is 0.140. The number of hydrogen-bond donors (Lipinski definition) is 1. The van der Waals surface area contributed by atoms with Gasteiger partial charge < -0.3 is 19.2 Å². The van der Waals surface area contributed by atoms with Gasteiger partial charge >= 0.3 is 0 Å². The van der Waals surface area contributed by atoms with Gasteiger partial charge in [-0.3, -0.25) is 4.90 Å².